The molecule has 1 aliphatic heterocycles. The fourth-order valence-corrected chi connectivity index (χ4v) is 4.06. The maximum absolute atomic E-state index is 6.09. The van der Waals surface area contributed by atoms with Gasteiger partial charge in [0.2, 0.25) is 0 Å². The van der Waals surface area contributed by atoms with Gasteiger partial charge in [0.15, 0.2) is 0 Å². The predicted molar refractivity (Wildman–Crippen MR) is 87.5 cm³/mol. The maximum Gasteiger partial charge on any atom is 0.0685 e. The molecule has 116 valence electrons. The molecule has 1 spiro atoms. The van der Waals surface area contributed by atoms with Crippen LogP contribution in [0.3, 0.4) is 0 Å². The van der Waals surface area contributed by atoms with Gasteiger partial charge in [-0.05, 0) is 63.0 Å². The van der Waals surface area contributed by atoms with E-state index in [0.29, 0.717) is 6.04 Å². The number of rotatable bonds is 6. The molecule has 0 bridgehead atoms. The highest BCUT2D eigenvalue weighted by molar-refractivity contribution is 5.15. The Morgan fingerprint density at radius 3 is 2.76 bits per heavy atom. The first-order chi connectivity index (χ1) is 10.3. The van der Waals surface area contributed by atoms with E-state index in [1.165, 1.54) is 50.5 Å². The number of aryl methyl sites for hydroxylation is 1. The summed E-state index contributed by atoms with van der Waals surface area (Å²) in [7, 11) is 0. The molecule has 2 fully saturated rings. The van der Waals surface area contributed by atoms with Crippen molar-refractivity contribution < 1.29 is 4.74 Å². The largest absolute Gasteiger partial charge is 0.375 e. The molecule has 1 saturated carbocycles. The van der Waals surface area contributed by atoms with Crippen LogP contribution in [0.4, 0.5) is 0 Å². The molecule has 2 unspecified atom stereocenters. The average Bonchev–Trinajstić information content (AvgIpc) is 2.51. The van der Waals surface area contributed by atoms with E-state index in [1.54, 1.807) is 0 Å². The first-order valence-corrected chi connectivity index (χ1v) is 8.73. The Morgan fingerprint density at radius 2 is 2.10 bits per heavy atom. The summed E-state index contributed by atoms with van der Waals surface area (Å²) in [6, 6.07) is 11.5. The van der Waals surface area contributed by atoms with Gasteiger partial charge in [-0.2, -0.15) is 0 Å². The van der Waals surface area contributed by atoms with Gasteiger partial charge in [-0.3, -0.25) is 0 Å². The Kier molecular flexibility index (Phi) is 4.97. The summed E-state index contributed by atoms with van der Waals surface area (Å²) in [6.07, 6.45) is 8.89. The zero-order valence-electron chi connectivity index (χ0n) is 13.3. The summed E-state index contributed by atoms with van der Waals surface area (Å²) < 4.78 is 6.09. The number of hydrogen-bond acceptors (Lipinski definition) is 2. The Balaban J connectivity index is 1.58. The summed E-state index contributed by atoms with van der Waals surface area (Å²) in [5, 5.41) is 3.75. The molecule has 2 heteroatoms. The summed E-state index contributed by atoms with van der Waals surface area (Å²) >= 11 is 0. The topological polar surface area (TPSA) is 21.3 Å². The van der Waals surface area contributed by atoms with Crippen LogP contribution in [-0.4, -0.2) is 24.8 Å². The molecule has 0 aromatic heterocycles. The molecule has 1 heterocycles. The van der Waals surface area contributed by atoms with E-state index in [0.717, 1.165) is 19.1 Å². The number of hydrogen-bond donors (Lipinski definition) is 1. The standard InChI is InChI=1S/C19H29NO/c1-2-20-18(10-9-16-7-4-3-5-8-16)17-11-14-21-19(15-17)12-6-13-19/h3-5,7-8,17-18,20H,2,6,9-15H2,1H3. The Labute approximate surface area is 129 Å². The molecule has 0 radical (unpaired) electrons. The van der Waals surface area contributed by atoms with Crippen LogP contribution in [0, 0.1) is 5.92 Å². The molecule has 2 aliphatic rings. The Bertz CT molecular complexity index is 426. The van der Waals surface area contributed by atoms with Crippen LogP contribution in [0.1, 0.15) is 51.0 Å². The van der Waals surface area contributed by atoms with E-state index in [1.807, 2.05) is 0 Å². The zero-order chi connectivity index (χ0) is 14.5. The van der Waals surface area contributed by atoms with E-state index in [2.05, 4.69) is 42.6 Å². The minimum Gasteiger partial charge on any atom is -0.375 e. The van der Waals surface area contributed by atoms with Crippen molar-refractivity contribution in [3.8, 4) is 0 Å². The minimum absolute atomic E-state index is 0.267. The first kappa shape index (κ1) is 15.1. The van der Waals surface area contributed by atoms with Gasteiger partial charge in [0.1, 0.15) is 0 Å². The number of benzene rings is 1. The third-order valence-electron chi connectivity index (χ3n) is 5.42. The molecule has 2 atom stereocenters. The molecule has 1 aromatic carbocycles. The lowest BCUT2D eigenvalue weighted by Crippen LogP contribution is -2.50. The summed E-state index contributed by atoms with van der Waals surface area (Å²) in [5.74, 6) is 0.794. The first-order valence-electron chi connectivity index (χ1n) is 8.73. The molecule has 1 saturated heterocycles. The lowest BCUT2D eigenvalue weighted by atomic mass is 9.70. The van der Waals surface area contributed by atoms with Crippen molar-refractivity contribution in [3.63, 3.8) is 0 Å². The summed E-state index contributed by atoms with van der Waals surface area (Å²) in [5.41, 5.74) is 1.73. The van der Waals surface area contributed by atoms with Gasteiger partial charge in [-0.15, -0.1) is 0 Å². The van der Waals surface area contributed by atoms with Gasteiger partial charge in [-0.1, -0.05) is 37.3 Å². The monoisotopic (exact) mass is 287 g/mol. The lowest BCUT2D eigenvalue weighted by molar-refractivity contribution is -0.147. The van der Waals surface area contributed by atoms with Crippen molar-refractivity contribution in [2.24, 2.45) is 5.92 Å². The van der Waals surface area contributed by atoms with Gasteiger partial charge in [0, 0.05) is 12.6 Å². The summed E-state index contributed by atoms with van der Waals surface area (Å²) in [4.78, 5) is 0. The van der Waals surface area contributed by atoms with Crippen LogP contribution >= 0.6 is 0 Å². The second kappa shape index (κ2) is 6.93. The summed E-state index contributed by atoms with van der Waals surface area (Å²) in [6.45, 7) is 4.27. The van der Waals surface area contributed by atoms with Crippen molar-refractivity contribution in [1.82, 2.24) is 5.32 Å². The van der Waals surface area contributed by atoms with Crippen LogP contribution in [0.25, 0.3) is 0 Å². The van der Waals surface area contributed by atoms with Gasteiger partial charge < -0.3 is 10.1 Å². The van der Waals surface area contributed by atoms with E-state index in [9.17, 15) is 0 Å². The van der Waals surface area contributed by atoms with Crippen molar-refractivity contribution in [2.75, 3.05) is 13.2 Å². The van der Waals surface area contributed by atoms with Crippen LogP contribution in [-0.2, 0) is 11.2 Å². The van der Waals surface area contributed by atoms with Crippen LogP contribution in [0.2, 0.25) is 0 Å². The van der Waals surface area contributed by atoms with Crippen LogP contribution in [0.15, 0.2) is 30.3 Å². The van der Waals surface area contributed by atoms with Gasteiger partial charge in [0.05, 0.1) is 5.60 Å². The number of ether oxygens (including phenoxy) is 1. The van der Waals surface area contributed by atoms with Crippen LogP contribution in [0.5, 0.6) is 0 Å². The zero-order valence-corrected chi connectivity index (χ0v) is 13.3. The van der Waals surface area contributed by atoms with Crippen molar-refractivity contribution >= 4 is 0 Å². The third-order valence-corrected chi connectivity index (χ3v) is 5.42. The van der Waals surface area contributed by atoms with Gasteiger partial charge >= 0.3 is 0 Å². The highest BCUT2D eigenvalue weighted by Crippen LogP contribution is 2.45. The second-order valence-electron chi connectivity index (χ2n) is 6.83. The smallest absolute Gasteiger partial charge is 0.0685 e. The fraction of sp³-hybridized carbons (Fsp3) is 0.684. The predicted octanol–water partition coefficient (Wildman–Crippen LogP) is 3.95. The minimum atomic E-state index is 0.267. The highest BCUT2D eigenvalue weighted by Gasteiger charge is 2.43. The Hall–Kier alpha value is -0.860. The van der Waals surface area contributed by atoms with E-state index in [4.69, 9.17) is 4.74 Å². The molecule has 2 nitrogen and oxygen atoms in total. The molecule has 0 amide bonds. The van der Waals surface area contributed by atoms with Gasteiger partial charge in [-0.25, -0.2) is 0 Å². The van der Waals surface area contributed by atoms with Crippen molar-refractivity contribution in [1.29, 1.82) is 0 Å². The molecule has 21 heavy (non-hydrogen) atoms. The van der Waals surface area contributed by atoms with Gasteiger partial charge in [0.25, 0.3) is 0 Å². The number of nitrogens with one attached hydrogen (secondary N) is 1. The molecule has 1 aliphatic carbocycles. The quantitative estimate of drug-likeness (QED) is 0.855. The van der Waals surface area contributed by atoms with Crippen molar-refractivity contribution in [2.45, 2.75) is 63.5 Å². The van der Waals surface area contributed by atoms with E-state index < -0.39 is 0 Å². The molecule has 1 N–H and O–H groups in total. The lowest BCUT2D eigenvalue weighted by Gasteiger charge is -2.49. The third kappa shape index (κ3) is 3.67. The van der Waals surface area contributed by atoms with E-state index >= 15 is 0 Å². The SMILES string of the molecule is CCNC(CCc1ccccc1)C1CCOC2(CCC2)C1. The molecule has 3 rings (SSSR count). The van der Waals surface area contributed by atoms with E-state index in [-0.39, 0.29) is 5.60 Å². The molecular formula is C19H29NO. The maximum atomic E-state index is 6.09. The second-order valence-corrected chi connectivity index (χ2v) is 6.83. The average molecular weight is 287 g/mol. The highest BCUT2D eigenvalue weighted by atomic mass is 16.5. The molecular weight excluding hydrogens is 258 g/mol. The Morgan fingerprint density at radius 1 is 1.29 bits per heavy atom. The normalized spacial score (nSPS) is 25.5. The molecule has 1 aromatic rings. The van der Waals surface area contributed by atoms with Crippen LogP contribution < -0.4 is 5.32 Å². The fourth-order valence-electron chi connectivity index (χ4n) is 4.06. The van der Waals surface area contributed by atoms with Crippen molar-refractivity contribution in [3.05, 3.63) is 35.9 Å².